The smallest absolute Gasteiger partial charge is 0.303 e. The van der Waals surface area contributed by atoms with Crippen molar-refractivity contribution in [2.24, 2.45) is 0 Å². The van der Waals surface area contributed by atoms with Crippen molar-refractivity contribution in [3.63, 3.8) is 0 Å². The Balaban J connectivity index is 1.41. The third-order valence-electron chi connectivity index (χ3n) is 5.44. The number of benzene rings is 1. The Morgan fingerprint density at radius 3 is 2.39 bits per heavy atom. The van der Waals surface area contributed by atoms with E-state index in [2.05, 4.69) is 0 Å². The number of carbonyl (C=O) groups excluding carboxylic acids is 1. The molecular weight excluding hydrogens is 478 g/mol. The van der Waals surface area contributed by atoms with Crippen LogP contribution in [0.4, 0.5) is 0 Å². The number of carboxylic acids is 1. The van der Waals surface area contributed by atoms with E-state index in [9.17, 15) is 9.59 Å². The summed E-state index contributed by atoms with van der Waals surface area (Å²) in [4.78, 5) is 25.5. The lowest BCUT2D eigenvalue weighted by Gasteiger charge is -2.14. The standard InChI is InChI=1S/C25H28ClNO4S2/c26-20-12-9-8-11-19(20)21-15-14-18(31-21)17-22-24(30)27(25(32)33-22)16-10-6-4-2-1-3-5-7-13-23(28)29/h8-9,11-12,14-15,17H,1-7,10,13,16H2,(H,28,29). The predicted molar refractivity (Wildman–Crippen MR) is 138 cm³/mol. The number of hydrogen-bond donors (Lipinski definition) is 1. The van der Waals surface area contributed by atoms with Gasteiger partial charge in [-0.25, -0.2) is 0 Å². The predicted octanol–water partition coefficient (Wildman–Crippen LogP) is 7.40. The van der Waals surface area contributed by atoms with Crippen molar-refractivity contribution in [3.8, 4) is 11.3 Å². The number of halogens is 1. The summed E-state index contributed by atoms with van der Waals surface area (Å²) in [6.45, 7) is 0.629. The summed E-state index contributed by atoms with van der Waals surface area (Å²) in [5.41, 5.74) is 0.812. The van der Waals surface area contributed by atoms with Gasteiger partial charge in [0.1, 0.15) is 15.8 Å². The molecular formula is C25H28ClNO4S2. The van der Waals surface area contributed by atoms with E-state index in [-0.39, 0.29) is 12.3 Å². The van der Waals surface area contributed by atoms with Gasteiger partial charge in [0.15, 0.2) is 0 Å². The van der Waals surface area contributed by atoms with Gasteiger partial charge in [-0.05, 0) is 37.1 Å². The molecule has 0 spiro atoms. The Labute approximate surface area is 209 Å². The Morgan fingerprint density at radius 2 is 1.70 bits per heavy atom. The lowest BCUT2D eigenvalue weighted by Crippen LogP contribution is -2.28. The molecule has 0 radical (unpaired) electrons. The third kappa shape index (κ3) is 7.73. The molecule has 2 aromatic rings. The van der Waals surface area contributed by atoms with Crippen molar-refractivity contribution in [2.75, 3.05) is 6.54 Å². The molecule has 3 rings (SSSR count). The Kier molecular flexibility index (Phi) is 10.0. The highest BCUT2D eigenvalue weighted by Crippen LogP contribution is 2.35. The highest BCUT2D eigenvalue weighted by molar-refractivity contribution is 8.26. The maximum absolute atomic E-state index is 12.8. The molecule has 0 atom stereocenters. The topological polar surface area (TPSA) is 70.8 Å². The van der Waals surface area contributed by atoms with Crippen LogP contribution in [0, 0.1) is 0 Å². The molecule has 1 amide bonds. The number of thioether (sulfide) groups is 1. The molecule has 0 aliphatic carbocycles. The summed E-state index contributed by atoms with van der Waals surface area (Å²) in [5.74, 6) is 0.462. The van der Waals surface area contributed by atoms with E-state index in [4.69, 9.17) is 33.3 Å². The molecule has 1 aliphatic heterocycles. The minimum atomic E-state index is -0.716. The van der Waals surface area contributed by atoms with Gasteiger partial charge in [-0.15, -0.1) is 0 Å². The fourth-order valence-corrected chi connectivity index (χ4v) is 5.18. The van der Waals surface area contributed by atoms with E-state index >= 15 is 0 Å². The normalized spacial score (nSPS) is 15.1. The van der Waals surface area contributed by atoms with Crippen LogP contribution >= 0.6 is 35.6 Å². The zero-order valence-electron chi connectivity index (χ0n) is 18.4. The van der Waals surface area contributed by atoms with Crippen LogP contribution in [0.2, 0.25) is 5.02 Å². The number of nitrogens with zero attached hydrogens (tertiary/aromatic N) is 1. The SMILES string of the molecule is O=C(O)CCCCCCCCCCN1C(=O)C(=Cc2ccc(-c3ccccc3Cl)o2)SC1=S. The van der Waals surface area contributed by atoms with Gasteiger partial charge in [-0.1, -0.05) is 86.2 Å². The summed E-state index contributed by atoms with van der Waals surface area (Å²) in [6.07, 6.45) is 10.2. The fourth-order valence-electron chi connectivity index (χ4n) is 3.66. The van der Waals surface area contributed by atoms with E-state index < -0.39 is 5.97 Å². The first-order chi connectivity index (χ1) is 16.0. The second kappa shape index (κ2) is 13.0. The zero-order chi connectivity index (χ0) is 23.6. The first-order valence-corrected chi connectivity index (χ1v) is 12.9. The number of carboxylic acid groups (broad SMARTS) is 1. The summed E-state index contributed by atoms with van der Waals surface area (Å²) < 4.78 is 6.47. The van der Waals surface area contributed by atoms with Gasteiger partial charge in [0.2, 0.25) is 0 Å². The molecule has 2 heterocycles. The van der Waals surface area contributed by atoms with E-state index in [1.165, 1.54) is 11.8 Å². The number of unbranched alkanes of at least 4 members (excludes halogenated alkanes) is 7. The van der Waals surface area contributed by atoms with Crippen molar-refractivity contribution in [2.45, 2.75) is 57.8 Å². The summed E-state index contributed by atoms with van der Waals surface area (Å²) in [6, 6.07) is 11.1. The zero-order valence-corrected chi connectivity index (χ0v) is 20.8. The Hall–Kier alpha value is -2.09. The van der Waals surface area contributed by atoms with Crippen LogP contribution in [0.25, 0.3) is 17.4 Å². The monoisotopic (exact) mass is 505 g/mol. The van der Waals surface area contributed by atoms with Crippen molar-refractivity contribution in [3.05, 3.63) is 52.1 Å². The number of hydrogen-bond acceptors (Lipinski definition) is 5. The molecule has 1 saturated heterocycles. The van der Waals surface area contributed by atoms with E-state index in [0.717, 1.165) is 56.9 Å². The van der Waals surface area contributed by atoms with Gasteiger partial charge in [-0.2, -0.15) is 0 Å². The third-order valence-corrected chi connectivity index (χ3v) is 7.14. The average Bonchev–Trinajstić information content (AvgIpc) is 3.34. The minimum absolute atomic E-state index is 0.0703. The molecule has 1 aliphatic rings. The molecule has 1 aromatic carbocycles. The van der Waals surface area contributed by atoms with Crippen molar-refractivity contribution < 1.29 is 19.1 Å². The number of carbonyl (C=O) groups is 2. The molecule has 0 saturated carbocycles. The fraction of sp³-hybridized carbons (Fsp3) is 0.400. The maximum atomic E-state index is 12.8. The van der Waals surface area contributed by atoms with Gasteiger partial charge in [0, 0.05) is 24.6 Å². The van der Waals surface area contributed by atoms with Crippen molar-refractivity contribution >= 4 is 57.9 Å². The van der Waals surface area contributed by atoms with Crippen LogP contribution in [0.15, 0.2) is 45.7 Å². The molecule has 8 heteroatoms. The van der Waals surface area contributed by atoms with Crippen LogP contribution in [0.3, 0.4) is 0 Å². The molecule has 5 nitrogen and oxygen atoms in total. The van der Waals surface area contributed by atoms with Crippen LogP contribution in [-0.4, -0.2) is 32.7 Å². The number of rotatable bonds is 13. The molecule has 1 aromatic heterocycles. The van der Waals surface area contributed by atoms with Crippen LogP contribution in [-0.2, 0) is 9.59 Å². The van der Waals surface area contributed by atoms with Gasteiger partial charge in [-0.3, -0.25) is 14.5 Å². The highest BCUT2D eigenvalue weighted by Gasteiger charge is 2.31. The van der Waals surface area contributed by atoms with E-state index in [1.807, 2.05) is 36.4 Å². The summed E-state index contributed by atoms with van der Waals surface area (Å²) in [5, 5.41) is 9.25. The molecule has 33 heavy (non-hydrogen) atoms. The second-order valence-electron chi connectivity index (χ2n) is 7.99. The quantitative estimate of drug-likeness (QED) is 0.174. The highest BCUT2D eigenvalue weighted by atomic mass is 35.5. The van der Waals surface area contributed by atoms with Crippen LogP contribution in [0.5, 0.6) is 0 Å². The van der Waals surface area contributed by atoms with E-state index in [0.29, 0.717) is 32.3 Å². The first-order valence-electron chi connectivity index (χ1n) is 11.3. The van der Waals surface area contributed by atoms with E-state index in [1.54, 1.807) is 11.0 Å². The molecule has 0 unspecified atom stereocenters. The number of thiocarbonyl (C=S) groups is 1. The van der Waals surface area contributed by atoms with Crippen molar-refractivity contribution in [1.82, 2.24) is 4.90 Å². The Morgan fingerprint density at radius 1 is 1.03 bits per heavy atom. The molecule has 0 bridgehead atoms. The Bertz CT molecular complexity index is 1020. The summed E-state index contributed by atoms with van der Waals surface area (Å²) >= 11 is 13.0. The maximum Gasteiger partial charge on any atom is 0.303 e. The average molecular weight is 506 g/mol. The van der Waals surface area contributed by atoms with Gasteiger partial charge in [0.05, 0.1) is 9.93 Å². The van der Waals surface area contributed by atoms with Gasteiger partial charge in [0.25, 0.3) is 5.91 Å². The number of aliphatic carboxylic acids is 1. The number of furan rings is 1. The molecule has 1 N–H and O–H groups in total. The largest absolute Gasteiger partial charge is 0.481 e. The van der Waals surface area contributed by atoms with Crippen LogP contribution in [0.1, 0.15) is 63.5 Å². The first kappa shape index (κ1) is 25.5. The van der Waals surface area contributed by atoms with Gasteiger partial charge < -0.3 is 9.52 Å². The number of amides is 1. The minimum Gasteiger partial charge on any atom is -0.481 e. The van der Waals surface area contributed by atoms with Gasteiger partial charge >= 0.3 is 5.97 Å². The molecule has 176 valence electrons. The lowest BCUT2D eigenvalue weighted by molar-refractivity contribution is -0.137. The second-order valence-corrected chi connectivity index (χ2v) is 10.1. The molecule has 1 fully saturated rings. The van der Waals surface area contributed by atoms with Crippen molar-refractivity contribution in [1.29, 1.82) is 0 Å². The summed E-state index contributed by atoms with van der Waals surface area (Å²) in [7, 11) is 0. The lowest BCUT2D eigenvalue weighted by atomic mass is 10.1. The van der Waals surface area contributed by atoms with Crippen LogP contribution < -0.4 is 0 Å².